The number of ether oxygens (including phenoxy) is 1. The molecule has 0 saturated carbocycles. The molecule has 0 radical (unpaired) electrons. The van der Waals surface area contributed by atoms with E-state index < -0.39 is 10.0 Å². The smallest absolute Gasteiger partial charge is 0.253 e. The van der Waals surface area contributed by atoms with Crippen molar-refractivity contribution in [2.24, 2.45) is 5.92 Å². The van der Waals surface area contributed by atoms with E-state index >= 15 is 0 Å². The van der Waals surface area contributed by atoms with Gasteiger partial charge in [-0.2, -0.15) is 0 Å². The fourth-order valence-corrected chi connectivity index (χ4v) is 4.44. The largest absolute Gasteiger partial charge is 0.495 e. The lowest BCUT2D eigenvalue weighted by molar-refractivity contribution is -0.121. The van der Waals surface area contributed by atoms with Gasteiger partial charge in [0.25, 0.3) is 5.91 Å². The maximum atomic E-state index is 13.1. The van der Waals surface area contributed by atoms with Gasteiger partial charge in [0.05, 0.1) is 13.0 Å². The Bertz CT molecular complexity index is 1090. The monoisotopic (exact) mass is 446 g/mol. The van der Waals surface area contributed by atoms with Crippen LogP contribution in [0.4, 0.5) is 5.82 Å². The van der Waals surface area contributed by atoms with Crippen molar-refractivity contribution in [3.8, 4) is 5.75 Å². The molecule has 0 aliphatic carbocycles. The first kappa shape index (κ1) is 22.7. The summed E-state index contributed by atoms with van der Waals surface area (Å²) < 4.78 is 32.0. The Labute approximate surface area is 181 Å². The van der Waals surface area contributed by atoms with E-state index in [9.17, 15) is 18.0 Å². The van der Waals surface area contributed by atoms with Crippen molar-refractivity contribution in [2.75, 3.05) is 32.6 Å². The van der Waals surface area contributed by atoms with Gasteiger partial charge in [0.15, 0.2) is 0 Å². The second kappa shape index (κ2) is 9.44. The summed E-state index contributed by atoms with van der Waals surface area (Å²) in [5.41, 5.74) is 1.08. The van der Waals surface area contributed by atoms with Crippen LogP contribution >= 0.6 is 0 Å². The molecular formula is C21H26N4O5S. The Kier molecular flexibility index (Phi) is 6.91. The standard InChI is InChI=1S/C21H26N4O5S/c1-14-6-4-10-23-19(14)24-20(26)16-7-5-11-25(13-16)21(27)15-8-9-17(30-3)18(12-15)31(28,29)22-2/h4,6,8-10,12,16,22H,5,7,11,13H2,1-3H3,(H,23,24,26). The third-order valence-electron chi connectivity index (χ3n) is 5.30. The first-order valence-electron chi connectivity index (χ1n) is 9.90. The maximum absolute atomic E-state index is 13.1. The van der Waals surface area contributed by atoms with Crippen LogP contribution in [-0.2, 0) is 14.8 Å². The minimum Gasteiger partial charge on any atom is -0.495 e. The van der Waals surface area contributed by atoms with Crippen molar-refractivity contribution in [3.63, 3.8) is 0 Å². The molecule has 1 fully saturated rings. The molecule has 31 heavy (non-hydrogen) atoms. The summed E-state index contributed by atoms with van der Waals surface area (Å²) in [6.45, 7) is 2.60. The first-order chi connectivity index (χ1) is 14.8. The lowest BCUT2D eigenvalue weighted by Gasteiger charge is -2.32. The highest BCUT2D eigenvalue weighted by Gasteiger charge is 2.30. The number of likely N-dealkylation sites (tertiary alicyclic amines) is 1. The molecule has 166 valence electrons. The van der Waals surface area contributed by atoms with Crippen LogP contribution in [0.15, 0.2) is 41.4 Å². The lowest BCUT2D eigenvalue weighted by Crippen LogP contribution is -2.44. The number of rotatable bonds is 6. The minimum atomic E-state index is -3.81. The van der Waals surface area contributed by atoms with Crippen molar-refractivity contribution in [1.82, 2.24) is 14.6 Å². The molecular weight excluding hydrogens is 420 g/mol. The van der Waals surface area contributed by atoms with Crippen LogP contribution < -0.4 is 14.8 Å². The molecule has 2 amide bonds. The Morgan fingerprint density at radius 1 is 1.26 bits per heavy atom. The van der Waals surface area contributed by atoms with Crippen LogP contribution in [0, 0.1) is 12.8 Å². The van der Waals surface area contributed by atoms with Gasteiger partial charge in [-0.3, -0.25) is 9.59 Å². The second-order valence-electron chi connectivity index (χ2n) is 7.32. The number of nitrogens with zero attached hydrogens (tertiary/aromatic N) is 2. The number of hydrogen-bond donors (Lipinski definition) is 2. The molecule has 1 aliphatic heterocycles. The fraction of sp³-hybridized carbons (Fsp3) is 0.381. The maximum Gasteiger partial charge on any atom is 0.253 e. The van der Waals surface area contributed by atoms with Crippen molar-refractivity contribution < 1.29 is 22.7 Å². The number of sulfonamides is 1. The number of piperidine rings is 1. The summed E-state index contributed by atoms with van der Waals surface area (Å²) in [4.78, 5) is 31.5. The van der Waals surface area contributed by atoms with Gasteiger partial charge < -0.3 is 15.0 Å². The lowest BCUT2D eigenvalue weighted by atomic mass is 9.96. The SMILES string of the molecule is CNS(=O)(=O)c1cc(C(=O)N2CCCC(C(=O)Nc3ncccc3C)C2)ccc1OC. The van der Waals surface area contributed by atoms with Crippen molar-refractivity contribution in [3.05, 3.63) is 47.7 Å². The average Bonchev–Trinajstić information content (AvgIpc) is 2.79. The molecule has 1 aromatic carbocycles. The van der Waals surface area contributed by atoms with Gasteiger partial charge in [-0.25, -0.2) is 18.1 Å². The van der Waals surface area contributed by atoms with Gasteiger partial charge in [-0.05, 0) is 56.6 Å². The zero-order chi connectivity index (χ0) is 22.6. The quantitative estimate of drug-likeness (QED) is 0.699. The number of amides is 2. The Hall–Kier alpha value is -2.98. The second-order valence-corrected chi connectivity index (χ2v) is 9.18. The molecule has 2 heterocycles. The topological polar surface area (TPSA) is 118 Å². The number of carbonyl (C=O) groups excluding carboxylic acids is 2. The van der Waals surface area contributed by atoms with E-state index in [1.54, 1.807) is 17.2 Å². The third-order valence-corrected chi connectivity index (χ3v) is 6.73. The van der Waals surface area contributed by atoms with Crippen LogP contribution in [0.25, 0.3) is 0 Å². The molecule has 1 aromatic heterocycles. The summed E-state index contributed by atoms with van der Waals surface area (Å²) in [6.07, 6.45) is 2.94. The number of hydrogen-bond acceptors (Lipinski definition) is 6. The highest BCUT2D eigenvalue weighted by molar-refractivity contribution is 7.89. The Balaban J connectivity index is 1.77. The molecule has 0 spiro atoms. The summed E-state index contributed by atoms with van der Waals surface area (Å²) in [6, 6.07) is 7.93. The molecule has 0 bridgehead atoms. The van der Waals surface area contributed by atoms with Crippen LogP contribution in [0.5, 0.6) is 5.75 Å². The summed E-state index contributed by atoms with van der Waals surface area (Å²) in [7, 11) is -1.15. The summed E-state index contributed by atoms with van der Waals surface area (Å²) in [5, 5.41) is 2.84. The van der Waals surface area contributed by atoms with E-state index in [2.05, 4.69) is 15.0 Å². The Morgan fingerprint density at radius 2 is 2.03 bits per heavy atom. The van der Waals surface area contributed by atoms with E-state index in [0.29, 0.717) is 25.2 Å². The van der Waals surface area contributed by atoms with E-state index in [1.807, 2.05) is 13.0 Å². The van der Waals surface area contributed by atoms with Gasteiger partial charge in [0.2, 0.25) is 15.9 Å². The third kappa shape index (κ3) is 5.02. The first-order valence-corrected chi connectivity index (χ1v) is 11.4. The molecule has 1 atom stereocenters. The van der Waals surface area contributed by atoms with E-state index in [1.165, 1.54) is 32.4 Å². The number of aromatic nitrogens is 1. The number of nitrogens with one attached hydrogen (secondary N) is 2. The van der Waals surface area contributed by atoms with E-state index in [0.717, 1.165) is 5.56 Å². The predicted octanol–water partition coefficient (Wildman–Crippen LogP) is 1.80. The van der Waals surface area contributed by atoms with Gasteiger partial charge in [0.1, 0.15) is 16.5 Å². The molecule has 10 heteroatoms. The molecule has 3 rings (SSSR count). The fourth-order valence-electron chi connectivity index (χ4n) is 3.52. The van der Waals surface area contributed by atoms with Gasteiger partial charge in [-0.1, -0.05) is 6.07 Å². The normalized spacial score (nSPS) is 16.6. The van der Waals surface area contributed by atoms with Crippen LogP contribution in [0.1, 0.15) is 28.8 Å². The van der Waals surface area contributed by atoms with Gasteiger partial charge in [0, 0.05) is 24.8 Å². The van der Waals surface area contributed by atoms with Crippen LogP contribution in [0.2, 0.25) is 0 Å². The van der Waals surface area contributed by atoms with E-state index in [-0.39, 0.29) is 40.5 Å². The highest BCUT2D eigenvalue weighted by atomic mass is 32.2. The summed E-state index contributed by atoms with van der Waals surface area (Å²) in [5.74, 6) is -0.243. The average molecular weight is 447 g/mol. The molecule has 9 nitrogen and oxygen atoms in total. The number of aryl methyl sites for hydroxylation is 1. The minimum absolute atomic E-state index is 0.111. The van der Waals surface area contributed by atoms with E-state index in [4.69, 9.17) is 4.74 Å². The van der Waals surface area contributed by atoms with Crippen molar-refractivity contribution in [2.45, 2.75) is 24.7 Å². The molecule has 2 N–H and O–H groups in total. The zero-order valence-corrected chi connectivity index (χ0v) is 18.5. The molecule has 1 unspecified atom stereocenters. The van der Waals surface area contributed by atoms with Crippen LogP contribution in [-0.4, -0.2) is 57.4 Å². The van der Waals surface area contributed by atoms with Crippen molar-refractivity contribution in [1.29, 1.82) is 0 Å². The Morgan fingerprint density at radius 3 is 2.71 bits per heavy atom. The number of anilines is 1. The number of benzene rings is 1. The number of pyridine rings is 1. The number of carbonyl (C=O) groups is 2. The summed E-state index contributed by atoms with van der Waals surface area (Å²) >= 11 is 0. The number of methoxy groups -OCH3 is 1. The van der Waals surface area contributed by atoms with Gasteiger partial charge in [-0.15, -0.1) is 0 Å². The van der Waals surface area contributed by atoms with Crippen molar-refractivity contribution >= 4 is 27.7 Å². The highest BCUT2D eigenvalue weighted by Crippen LogP contribution is 2.27. The molecule has 1 saturated heterocycles. The predicted molar refractivity (Wildman–Crippen MR) is 115 cm³/mol. The molecule has 1 aliphatic rings. The van der Waals surface area contributed by atoms with Crippen LogP contribution in [0.3, 0.4) is 0 Å². The zero-order valence-electron chi connectivity index (χ0n) is 17.7. The molecule has 2 aromatic rings. The van der Waals surface area contributed by atoms with Gasteiger partial charge >= 0.3 is 0 Å².